The van der Waals surface area contributed by atoms with Crippen LogP contribution >= 0.6 is 0 Å². The highest BCUT2D eigenvalue weighted by Gasteiger charge is 2.13. The first-order valence-corrected chi connectivity index (χ1v) is 4.54. The molecule has 0 spiro atoms. The fourth-order valence-electron chi connectivity index (χ4n) is 1.48. The molecule has 0 aromatic rings. The molecule has 2 atom stereocenters. The summed E-state index contributed by atoms with van der Waals surface area (Å²) in [6.07, 6.45) is 5.25. The van der Waals surface area contributed by atoms with E-state index in [1.807, 2.05) is 13.8 Å². The fourth-order valence-corrected chi connectivity index (χ4v) is 1.48. The van der Waals surface area contributed by atoms with E-state index >= 15 is 0 Å². The van der Waals surface area contributed by atoms with Gasteiger partial charge in [-0.25, -0.2) is 0 Å². The summed E-state index contributed by atoms with van der Waals surface area (Å²) in [7, 11) is 0. The van der Waals surface area contributed by atoms with Gasteiger partial charge in [-0.15, -0.1) is 0 Å². The molecule has 1 nitrogen and oxygen atoms in total. The lowest BCUT2D eigenvalue weighted by Crippen LogP contribution is -2.26. The molecular weight excluding hydrogens is 122 g/mol. The summed E-state index contributed by atoms with van der Waals surface area (Å²) in [5.74, 6) is 0.888. The van der Waals surface area contributed by atoms with Crippen molar-refractivity contribution in [3.8, 4) is 0 Å². The normalized spacial score (nSPS) is 32.4. The maximum absolute atomic E-state index is 5.73. The Morgan fingerprint density at radius 3 is 2.10 bits per heavy atom. The first kappa shape index (κ1) is 9.96. The minimum absolute atomic E-state index is 0.513. The molecule has 0 saturated heterocycles. The number of rotatable bonds is 0. The molecule has 62 valence electrons. The van der Waals surface area contributed by atoms with E-state index in [2.05, 4.69) is 6.92 Å². The van der Waals surface area contributed by atoms with Gasteiger partial charge in [0.25, 0.3) is 0 Å². The summed E-state index contributed by atoms with van der Waals surface area (Å²) in [5, 5.41) is 0. The molecular formula is C9H21N. The van der Waals surface area contributed by atoms with Crippen LogP contribution in [0.15, 0.2) is 0 Å². The second kappa shape index (κ2) is 5.72. The van der Waals surface area contributed by atoms with E-state index in [1.54, 1.807) is 0 Å². The first-order chi connectivity index (χ1) is 4.79. The van der Waals surface area contributed by atoms with Gasteiger partial charge in [0.15, 0.2) is 0 Å². The van der Waals surface area contributed by atoms with Crippen LogP contribution in [0.3, 0.4) is 0 Å². The summed E-state index contributed by atoms with van der Waals surface area (Å²) in [6.45, 7) is 6.29. The van der Waals surface area contributed by atoms with Gasteiger partial charge in [0.2, 0.25) is 0 Å². The van der Waals surface area contributed by atoms with Crippen LogP contribution in [0.25, 0.3) is 0 Å². The van der Waals surface area contributed by atoms with Gasteiger partial charge in [0.05, 0.1) is 0 Å². The van der Waals surface area contributed by atoms with E-state index in [-0.39, 0.29) is 0 Å². The Morgan fingerprint density at radius 1 is 1.20 bits per heavy atom. The van der Waals surface area contributed by atoms with E-state index in [1.165, 1.54) is 25.7 Å². The van der Waals surface area contributed by atoms with Crippen molar-refractivity contribution < 1.29 is 0 Å². The predicted molar refractivity (Wildman–Crippen MR) is 47.0 cm³/mol. The zero-order chi connectivity index (χ0) is 7.98. The molecule has 0 aromatic carbocycles. The van der Waals surface area contributed by atoms with Gasteiger partial charge in [-0.05, 0) is 18.8 Å². The molecule has 0 amide bonds. The van der Waals surface area contributed by atoms with E-state index in [4.69, 9.17) is 5.73 Å². The van der Waals surface area contributed by atoms with Crippen molar-refractivity contribution in [2.45, 2.75) is 52.5 Å². The van der Waals surface area contributed by atoms with Crippen molar-refractivity contribution in [1.29, 1.82) is 0 Å². The van der Waals surface area contributed by atoms with E-state index < -0.39 is 0 Å². The standard InChI is InChI=1S/C7H15N.C2H6/c1-6-3-2-4-7(8)5-6;1-2/h6-7H,2-5,8H2,1H3;1-2H3/t6-,7+;/m1./s1. The Kier molecular flexibility index (Phi) is 5.70. The molecule has 2 N–H and O–H groups in total. The summed E-state index contributed by atoms with van der Waals surface area (Å²) in [5.41, 5.74) is 5.73. The second-order valence-electron chi connectivity index (χ2n) is 3.03. The molecule has 0 bridgehead atoms. The molecule has 1 heteroatoms. The molecule has 1 fully saturated rings. The molecule has 0 radical (unpaired) electrons. The van der Waals surface area contributed by atoms with Gasteiger partial charge in [0.1, 0.15) is 0 Å². The molecule has 1 aliphatic carbocycles. The fraction of sp³-hybridized carbons (Fsp3) is 1.00. The van der Waals surface area contributed by atoms with Crippen LogP contribution in [0.1, 0.15) is 46.5 Å². The van der Waals surface area contributed by atoms with Crippen LogP contribution in [0, 0.1) is 5.92 Å². The van der Waals surface area contributed by atoms with Crippen LogP contribution in [-0.4, -0.2) is 6.04 Å². The quantitative estimate of drug-likeness (QED) is 0.554. The van der Waals surface area contributed by atoms with Crippen molar-refractivity contribution in [2.75, 3.05) is 0 Å². The molecule has 1 saturated carbocycles. The Hall–Kier alpha value is -0.0400. The monoisotopic (exact) mass is 143 g/mol. The van der Waals surface area contributed by atoms with Gasteiger partial charge in [-0.1, -0.05) is 33.6 Å². The molecule has 1 aliphatic rings. The number of hydrogen-bond donors (Lipinski definition) is 1. The smallest absolute Gasteiger partial charge is 0.00413 e. The zero-order valence-corrected chi connectivity index (χ0v) is 7.56. The van der Waals surface area contributed by atoms with Gasteiger partial charge in [0, 0.05) is 6.04 Å². The highest BCUT2D eigenvalue weighted by atomic mass is 14.6. The van der Waals surface area contributed by atoms with E-state index in [9.17, 15) is 0 Å². The van der Waals surface area contributed by atoms with Crippen LogP contribution in [0.4, 0.5) is 0 Å². The summed E-state index contributed by atoms with van der Waals surface area (Å²) < 4.78 is 0. The Labute approximate surface area is 65.0 Å². The maximum atomic E-state index is 5.73. The van der Waals surface area contributed by atoms with E-state index in [0.717, 1.165) is 5.92 Å². The van der Waals surface area contributed by atoms with Gasteiger partial charge in [-0.3, -0.25) is 0 Å². The van der Waals surface area contributed by atoms with E-state index in [0.29, 0.717) is 6.04 Å². The lowest BCUT2D eigenvalue weighted by molar-refractivity contribution is 0.344. The number of hydrogen-bond acceptors (Lipinski definition) is 1. The van der Waals surface area contributed by atoms with Crippen molar-refractivity contribution in [2.24, 2.45) is 11.7 Å². The Morgan fingerprint density at radius 2 is 1.80 bits per heavy atom. The number of nitrogens with two attached hydrogens (primary N) is 1. The van der Waals surface area contributed by atoms with Crippen molar-refractivity contribution in [1.82, 2.24) is 0 Å². The molecule has 1 rings (SSSR count). The third-order valence-electron chi connectivity index (χ3n) is 1.98. The van der Waals surface area contributed by atoms with Gasteiger partial charge >= 0.3 is 0 Å². The largest absolute Gasteiger partial charge is 0.328 e. The van der Waals surface area contributed by atoms with Crippen LogP contribution in [0.5, 0.6) is 0 Å². The zero-order valence-electron chi connectivity index (χ0n) is 7.56. The summed E-state index contributed by atoms with van der Waals surface area (Å²) in [6, 6.07) is 0.513. The average molecular weight is 143 g/mol. The SMILES string of the molecule is CC.C[C@@H]1CCC[C@H](N)C1. The van der Waals surface area contributed by atoms with Crippen molar-refractivity contribution in [3.63, 3.8) is 0 Å². The third-order valence-corrected chi connectivity index (χ3v) is 1.98. The molecule has 0 aromatic heterocycles. The molecule has 10 heavy (non-hydrogen) atoms. The topological polar surface area (TPSA) is 26.0 Å². The Bertz CT molecular complexity index is 63.1. The second-order valence-corrected chi connectivity index (χ2v) is 3.03. The maximum Gasteiger partial charge on any atom is 0.00413 e. The lowest BCUT2D eigenvalue weighted by Gasteiger charge is -2.22. The van der Waals surface area contributed by atoms with Gasteiger partial charge < -0.3 is 5.73 Å². The minimum Gasteiger partial charge on any atom is -0.328 e. The third kappa shape index (κ3) is 3.89. The van der Waals surface area contributed by atoms with Crippen LogP contribution in [-0.2, 0) is 0 Å². The highest BCUT2D eigenvalue weighted by Crippen LogP contribution is 2.21. The van der Waals surface area contributed by atoms with Crippen LogP contribution < -0.4 is 5.73 Å². The first-order valence-electron chi connectivity index (χ1n) is 4.54. The molecule has 0 unspecified atom stereocenters. The van der Waals surface area contributed by atoms with Crippen molar-refractivity contribution >= 4 is 0 Å². The molecule has 0 aliphatic heterocycles. The minimum atomic E-state index is 0.513. The summed E-state index contributed by atoms with van der Waals surface area (Å²) >= 11 is 0. The van der Waals surface area contributed by atoms with Crippen LogP contribution in [0.2, 0.25) is 0 Å². The Balaban J connectivity index is 0.000000371. The lowest BCUT2D eigenvalue weighted by atomic mass is 9.88. The predicted octanol–water partition coefficient (Wildman–Crippen LogP) is 2.55. The van der Waals surface area contributed by atoms with Gasteiger partial charge in [-0.2, -0.15) is 0 Å². The summed E-state index contributed by atoms with van der Waals surface area (Å²) in [4.78, 5) is 0. The van der Waals surface area contributed by atoms with Crippen molar-refractivity contribution in [3.05, 3.63) is 0 Å². The average Bonchev–Trinajstić information content (AvgIpc) is 1.91. The highest BCUT2D eigenvalue weighted by molar-refractivity contribution is 4.71. The molecule has 0 heterocycles.